The predicted octanol–water partition coefficient (Wildman–Crippen LogP) is 4.50. The van der Waals surface area contributed by atoms with Crippen molar-refractivity contribution >= 4 is 11.6 Å². The van der Waals surface area contributed by atoms with Crippen LogP contribution < -0.4 is 0 Å². The summed E-state index contributed by atoms with van der Waals surface area (Å²) in [7, 11) is 0. The zero-order valence-corrected chi connectivity index (χ0v) is 11.0. The number of hydrogen-bond donors (Lipinski definition) is 0. The molecule has 2 heteroatoms. The number of halogens is 1. The Balaban J connectivity index is 2.20. The van der Waals surface area contributed by atoms with Gasteiger partial charge in [0.25, 0.3) is 0 Å². The molecule has 0 saturated heterocycles. The van der Waals surface area contributed by atoms with Crippen LogP contribution in [0.25, 0.3) is 0 Å². The molecule has 0 aliphatic rings. The largest absolute Gasteiger partial charge is 0.198 e. The number of rotatable bonds is 3. The lowest BCUT2D eigenvalue weighted by atomic mass is 9.92. The minimum absolute atomic E-state index is 0.105. The molecule has 0 N–H and O–H groups in total. The Hall–Kier alpha value is -1.78. The van der Waals surface area contributed by atoms with Gasteiger partial charge in [0.15, 0.2) is 0 Å². The van der Waals surface area contributed by atoms with Crippen molar-refractivity contribution in [2.75, 3.05) is 0 Å². The molecule has 1 unspecified atom stereocenters. The van der Waals surface area contributed by atoms with E-state index < -0.39 is 0 Å². The molecule has 0 amide bonds. The predicted molar refractivity (Wildman–Crippen MR) is 74.7 cm³/mol. The van der Waals surface area contributed by atoms with Crippen LogP contribution >= 0.6 is 11.6 Å². The summed E-state index contributed by atoms with van der Waals surface area (Å²) >= 11 is 5.85. The molecule has 18 heavy (non-hydrogen) atoms. The highest BCUT2D eigenvalue weighted by molar-refractivity contribution is 6.30. The van der Waals surface area contributed by atoms with Crippen molar-refractivity contribution in [3.05, 3.63) is 70.2 Å². The van der Waals surface area contributed by atoms with Gasteiger partial charge >= 0.3 is 0 Å². The van der Waals surface area contributed by atoms with E-state index in [2.05, 4.69) is 12.1 Å². The van der Waals surface area contributed by atoms with Crippen molar-refractivity contribution < 1.29 is 0 Å². The Kier molecular flexibility index (Phi) is 4.02. The number of nitriles is 1. The summed E-state index contributed by atoms with van der Waals surface area (Å²) in [5.41, 5.74) is 3.39. The van der Waals surface area contributed by atoms with Gasteiger partial charge in [-0.3, -0.25) is 0 Å². The number of benzene rings is 2. The quantitative estimate of drug-likeness (QED) is 0.792. The average Bonchev–Trinajstić information content (AvgIpc) is 2.38. The minimum atomic E-state index is -0.105. The summed E-state index contributed by atoms with van der Waals surface area (Å²) < 4.78 is 0. The monoisotopic (exact) mass is 255 g/mol. The SMILES string of the molecule is Cc1cccc(C(C#N)Cc2ccc(Cl)cc2)c1. The Morgan fingerprint density at radius 3 is 2.50 bits per heavy atom. The number of nitrogens with zero attached hydrogens (tertiary/aromatic N) is 1. The molecular weight excluding hydrogens is 242 g/mol. The van der Waals surface area contributed by atoms with Crippen molar-refractivity contribution in [3.63, 3.8) is 0 Å². The summed E-state index contributed by atoms with van der Waals surface area (Å²) in [5.74, 6) is -0.105. The van der Waals surface area contributed by atoms with Gasteiger partial charge in [-0.25, -0.2) is 0 Å². The van der Waals surface area contributed by atoms with Crippen LogP contribution in [0.1, 0.15) is 22.6 Å². The fourth-order valence-corrected chi connectivity index (χ4v) is 2.11. The second kappa shape index (κ2) is 5.71. The Bertz CT molecular complexity index is 566. The van der Waals surface area contributed by atoms with E-state index in [1.807, 2.05) is 49.4 Å². The molecule has 0 aliphatic carbocycles. The van der Waals surface area contributed by atoms with Gasteiger partial charge in [0.05, 0.1) is 12.0 Å². The molecule has 1 atom stereocenters. The second-order valence-corrected chi connectivity index (χ2v) is 4.86. The smallest absolute Gasteiger partial charge is 0.0753 e. The Morgan fingerprint density at radius 2 is 1.89 bits per heavy atom. The molecular formula is C16H14ClN. The maximum atomic E-state index is 9.31. The normalized spacial score (nSPS) is 11.8. The van der Waals surface area contributed by atoms with Gasteiger partial charge in [0, 0.05) is 5.02 Å². The lowest BCUT2D eigenvalue weighted by molar-refractivity contribution is 0.848. The van der Waals surface area contributed by atoms with Crippen LogP contribution in [0.15, 0.2) is 48.5 Å². The topological polar surface area (TPSA) is 23.8 Å². The van der Waals surface area contributed by atoms with E-state index in [-0.39, 0.29) is 5.92 Å². The van der Waals surface area contributed by atoms with Crippen LogP contribution in [-0.2, 0) is 6.42 Å². The van der Waals surface area contributed by atoms with Crippen molar-refractivity contribution in [1.29, 1.82) is 5.26 Å². The zero-order valence-electron chi connectivity index (χ0n) is 10.2. The van der Waals surface area contributed by atoms with Crippen LogP contribution in [0.2, 0.25) is 5.02 Å². The maximum absolute atomic E-state index is 9.31. The zero-order chi connectivity index (χ0) is 13.0. The molecule has 2 rings (SSSR count). The van der Waals surface area contributed by atoms with E-state index in [0.717, 1.165) is 22.6 Å². The fraction of sp³-hybridized carbons (Fsp3) is 0.188. The first-order valence-corrected chi connectivity index (χ1v) is 6.27. The van der Waals surface area contributed by atoms with Crippen LogP contribution in [0.3, 0.4) is 0 Å². The summed E-state index contributed by atoms with van der Waals surface area (Å²) in [6.07, 6.45) is 0.719. The Labute approximate surface area is 113 Å². The fourth-order valence-electron chi connectivity index (χ4n) is 1.98. The van der Waals surface area contributed by atoms with E-state index >= 15 is 0 Å². The second-order valence-electron chi connectivity index (χ2n) is 4.43. The third kappa shape index (κ3) is 3.12. The minimum Gasteiger partial charge on any atom is -0.198 e. The van der Waals surface area contributed by atoms with E-state index in [9.17, 15) is 5.26 Å². The maximum Gasteiger partial charge on any atom is 0.0753 e. The third-order valence-corrected chi connectivity index (χ3v) is 3.21. The highest BCUT2D eigenvalue weighted by Crippen LogP contribution is 2.22. The van der Waals surface area contributed by atoms with Gasteiger partial charge in [0.1, 0.15) is 0 Å². The summed E-state index contributed by atoms with van der Waals surface area (Å²) in [4.78, 5) is 0. The highest BCUT2D eigenvalue weighted by atomic mass is 35.5. The van der Waals surface area contributed by atoms with Crippen LogP contribution in [0.5, 0.6) is 0 Å². The molecule has 0 aromatic heterocycles. The standard InChI is InChI=1S/C16H14ClN/c1-12-3-2-4-14(9-12)15(11-18)10-13-5-7-16(17)8-6-13/h2-9,15H,10H2,1H3. The van der Waals surface area contributed by atoms with Crippen LogP contribution in [-0.4, -0.2) is 0 Å². The van der Waals surface area contributed by atoms with E-state index in [1.165, 1.54) is 5.56 Å². The first kappa shape index (κ1) is 12.7. The molecule has 0 radical (unpaired) electrons. The van der Waals surface area contributed by atoms with Gasteiger partial charge in [-0.15, -0.1) is 0 Å². The number of aryl methyl sites for hydroxylation is 1. The van der Waals surface area contributed by atoms with Crippen molar-refractivity contribution in [1.82, 2.24) is 0 Å². The molecule has 2 aromatic rings. The van der Waals surface area contributed by atoms with Crippen molar-refractivity contribution in [2.24, 2.45) is 0 Å². The van der Waals surface area contributed by atoms with Gasteiger partial charge in [-0.1, -0.05) is 53.6 Å². The van der Waals surface area contributed by atoms with Crippen molar-refractivity contribution in [3.8, 4) is 6.07 Å². The first-order valence-electron chi connectivity index (χ1n) is 5.89. The lowest BCUT2D eigenvalue weighted by Crippen LogP contribution is -2.00. The van der Waals surface area contributed by atoms with E-state index in [0.29, 0.717) is 0 Å². The summed E-state index contributed by atoms with van der Waals surface area (Å²) in [6.45, 7) is 2.04. The molecule has 0 heterocycles. The molecule has 2 aromatic carbocycles. The van der Waals surface area contributed by atoms with Gasteiger partial charge in [-0.2, -0.15) is 5.26 Å². The first-order chi connectivity index (χ1) is 8.69. The molecule has 0 spiro atoms. The molecule has 0 aliphatic heterocycles. The molecule has 1 nitrogen and oxygen atoms in total. The van der Waals surface area contributed by atoms with Crippen LogP contribution in [0, 0.1) is 18.3 Å². The van der Waals surface area contributed by atoms with Gasteiger partial charge in [0.2, 0.25) is 0 Å². The van der Waals surface area contributed by atoms with Gasteiger partial charge < -0.3 is 0 Å². The summed E-state index contributed by atoms with van der Waals surface area (Å²) in [5, 5.41) is 10.0. The summed E-state index contributed by atoms with van der Waals surface area (Å²) in [6, 6.07) is 18.2. The van der Waals surface area contributed by atoms with Crippen molar-refractivity contribution in [2.45, 2.75) is 19.3 Å². The van der Waals surface area contributed by atoms with Crippen LogP contribution in [0.4, 0.5) is 0 Å². The Morgan fingerprint density at radius 1 is 1.17 bits per heavy atom. The van der Waals surface area contributed by atoms with E-state index in [4.69, 9.17) is 11.6 Å². The lowest BCUT2D eigenvalue weighted by Gasteiger charge is -2.10. The average molecular weight is 256 g/mol. The van der Waals surface area contributed by atoms with E-state index in [1.54, 1.807) is 0 Å². The number of hydrogen-bond acceptors (Lipinski definition) is 1. The van der Waals surface area contributed by atoms with Gasteiger partial charge in [-0.05, 0) is 36.6 Å². The molecule has 0 bridgehead atoms. The molecule has 90 valence electrons. The molecule has 0 fully saturated rings. The third-order valence-electron chi connectivity index (χ3n) is 2.95. The highest BCUT2D eigenvalue weighted by Gasteiger charge is 2.11. The molecule has 0 saturated carbocycles.